The summed E-state index contributed by atoms with van der Waals surface area (Å²) in [6.07, 6.45) is 7.47. The van der Waals surface area contributed by atoms with Gasteiger partial charge in [0.1, 0.15) is 11.6 Å². The molecule has 3 heteroatoms. The lowest BCUT2D eigenvalue weighted by atomic mass is 10.2. The van der Waals surface area contributed by atoms with E-state index in [9.17, 15) is 4.39 Å². The molecule has 0 aliphatic rings. The normalized spacial score (nSPS) is 10.6. The number of hydrogen-bond donors (Lipinski definition) is 1. The minimum absolute atomic E-state index is 0.216. The number of hydrogen-bond acceptors (Lipinski definition) is 1. The van der Waals surface area contributed by atoms with Crippen molar-refractivity contribution >= 4 is 0 Å². The molecule has 0 spiro atoms. The molecule has 0 radical (unpaired) electrons. The molecule has 1 aromatic rings. The topological polar surface area (TPSA) is 25.8 Å². The molecule has 1 aromatic carbocycles. The summed E-state index contributed by atoms with van der Waals surface area (Å²) in [7, 11) is 0. The monoisotopic (exact) mass is 268 g/mol. The van der Waals surface area contributed by atoms with Crippen LogP contribution in [0.2, 0.25) is 0 Å². The Morgan fingerprint density at radius 1 is 0.947 bits per heavy atom. The first kappa shape index (κ1) is 16.0. The Hall–Kier alpha value is -1.09. The van der Waals surface area contributed by atoms with Crippen molar-refractivity contribution in [3.8, 4) is 5.75 Å². The summed E-state index contributed by atoms with van der Waals surface area (Å²) in [6, 6.07) is 6.22. The third kappa shape index (κ3) is 8.60. The molecular weight excluding hydrogens is 241 g/mol. The van der Waals surface area contributed by atoms with Crippen LogP contribution in [0.4, 0.5) is 4.39 Å². The molecule has 0 unspecified atom stereocenters. The highest BCUT2D eigenvalue weighted by Gasteiger charge is 1.96. The fraction of sp³-hybridized carbons (Fsp3) is 0.625. The smallest absolute Gasteiger partial charge is 0.123 e. The molecule has 2 nitrogen and oxygen atoms in total. The van der Waals surface area contributed by atoms with Gasteiger partial charge in [0.2, 0.25) is 0 Å². The summed E-state index contributed by atoms with van der Waals surface area (Å²) in [6.45, 7) is 5.48. The molecular formula is C16H27FNO+. The minimum Gasteiger partial charge on any atom is -0.494 e. The van der Waals surface area contributed by atoms with Crippen molar-refractivity contribution in [2.75, 3.05) is 19.7 Å². The summed E-state index contributed by atoms with van der Waals surface area (Å²) in [5.74, 6) is 0.543. The molecule has 0 saturated heterocycles. The first-order valence-corrected chi connectivity index (χ1v) is 7.53. The minimum atomic E-state index is -0.216. The molecule has 0 aliphatic heterocycles. The first-order chi connectivity index (χ1) is 9.33. The Balaban J connectivity index is 1.87. The summed E-state index contributed by atoms with van der Waals surface area (Å²) >= 11 is 0. The standard InChI is InChI=1S/C16H26FNO/c1-2-3-12-18-13-6-4-5-7-14-19-16-10-8-15(17)9-11-16/h8-11,18H,2-7,12-14H2,1H3/p+1. The van der Waals surface area contributed by atoms with Crippen LogP contribution in [0.25, 0.3) is 0 Å². The predicted octanol–water partition coefficient (Wildman–Crippen LogP) is 3.13. The quantitative estimate of drug-likeness (QED) is 0.613. The number of benzene rings is 1. The fourth-order valence-corrected chi connectivity index (χ4v) is 1.96. The second-order valence-electron chi connectivity index (χ2n) is 4.94. The van der Waals surface area contributed by atoms with E-state index in [0.29, 0.717) is 0 Å². The van der Waals surface area contributed by atoms with Gasteiger partial charge < -0.3 is 10.1 Å². The maximum atomic E-state index is 12.7. The molecule has 0 heterocycles. The fourth-order valence-electron chi connectivity index (χ4n) is 1.96. The van der Waals surface area contributed by atoms with Crippen molar-refractivity contribution in [3.63, 3.8) is 0 Å². The lowest BCUT2D eigenvalue weighted by molar-refractivity contribution is -0.655. The van der Waals surface area contributed by atoms with Crippen molar-refractivity contribution in [1.82, 2.24) is 0 Å². The molecule has 0 saturated carbocycles. The van der Waals surface area contributed by atoms with Gasteiger partial charge in [-0.05, 0) is 56.4 Å². The van der Waals surface area contributed by atoms with E-state index >= 15 is 0 Å². The van der Waals surface area contributed by atoms with E-state index in [1.54, 1.807) is 12.1 Å². The van der Waals surface area contributed by atoms with E-state index in [1.165, 1.54) is 57.3 Å². The Morgan fingerprint density at radius 2 is 1.63 bits per heavy atom. The summed E-state index contributed by atoms with van der Waals surface area (Å²) in [5, 5.41) is 2.42. The predicted molar refractivity (Wildman–Crippen MR) is 76.9 cm³/mol. The van der Waals surface area contributed by atoms with Gasteiger partial charge in [0.05, 0.1) is 19.7 Å². The second-order valence-corrected chi connectivity index (χ2v) is 4.94. The SMILES string of the molecule is CCCC[NH2+]CCCCCCOc1ccc(F)cc1. The largest absolute Gasteiger partial charge is 0.494 e. The zero-order valence-electron chi connectivity index (χ0n) is 12.0. The van der Waals surface area contributed by atoms with Crippen LogP contribution in [-0.4, -0.2) is 19.7 Å². The number of nitrogens with two attached hydrogens (primary N) is 1. The van der Waals surface area contributed by atoms with Crippen molar-refractivity contribution in [2.24, 2.45) is 0 Å². The van der Waals surface area contributed by atoms with Gasteiger partial charge in [0.25, 0.3) is 0 Å². The van der Waals surface area contributed by atoms with Crippen molar-refractivity contribution < 1.29 is 14.4 Å². The number of rotatable bonds is 11. The van der Waals surface area contributed by atoms with E-state index in [0.717, 1.165) is 18.8 Å². The Morgan fingerprint density at radius 3 is 2.37 bits per heavy atom. The zero-order valence-corrected chi connectivity index (χ0v) is 12.0. The molecule has 0 amide bonds. The van der Waals surface area contributed by atoms with Gasteiger partial charge in [-0.1, -0.05) is 13.3 Å². The maximum absolute atomic E-state index is 12.7. The van der Waals surface area contributed by atoms with Crippen LogP contribution in [0.1, 0.15) is 45.4 Å². The van der Waals surface area contributed by atoms with Gasteiger partial charge in [-0.3, -0.25) is 0 Å². The van der Waals surface area contributed by atoms with Crippen molar-refractivity contribution in [2.45, 2.75) is 45.4 Å². The van der Waals surface area contributed by atoms with Crippen molar-refractivity contribution in [3.05, 3.63) is 30.1 Å². The highest BCUT2D eigenvalue weighted by Crippen LogP contribution is 2.11. The average Bonchev–Trinajstić information content (AvgIpc) is 2.43. The molecule has 108 valence electrons. The van der Waals surface area contributed by atoms with Gasteiger partial charge in [0.15, 0.2) is 0 Å². The number of halogens is 1. The van der Waals surface area contributed by atoms with E-state index in [-0.39, 0.29) is 5.82 Å². The molecule has 0 bridgehead atoms. The van der Waals surface area contributed by atoms with Crippen molar-refractivity contribution in [1.29, 1.82) is 0 Å². The van der Waals surface area contributed by atoms with E-state index in [4.69, 9.17) is 4.74 Å². The van der Waals surface area contributed by atoms with E-state index in [2.05, 4.69) is 12.2 Å². The van der Waals surface area contributed by atoms with Crippen LogP contribution in [0.15, 0.2) is 24.3 Å². The lowest BCUT2D eigenvalue weighted by Crippen LogP contribution is -2.84. The summed E-state index contributed by atoms with van der Waals surface area (Å²) < 4.78 is 18.2. The molecule has 0 aromatic heterocycles. The second kappa shape index (κ2) is 10.8. The Bertz CT molecular complexity index is 313. The van der Waals surface area contributed by atoms with Crippen LogP contribution in [0.5, 0.6) is 5.75 Å². The molecule has 1 rings (SSSR count). The highest BCUT2D eigenvalue weighted by molar-refractivity contribution is 5.21. The summed E-state index contributed by atoms with van der Waals surface area (Å²) in [4.78, 5) is 0. The van der Waals surface area contributed by atoms with Gasteiger partial charge in [-0.15, -0.1) is 0 Å². The molecule has 0 fully saturated rings. The number of ether oxygens (including phenoxy) is 1. The van der Waals surface area contributed by atoms with Gasteiger partial charge in [0, 0.05) is 0 Å². The number of quaternary nitrogens is 1. The van der Waals surface area contributed by atoms with Crippen LogP contribution in [0, 0.1) is 5.82 Å². The van der Waals surface area contributed by atoms with Gasteiger partial charge in [-0.2, -0.15) is 0 Å². The van der Waals surface area contributed by atoms with Crippen LogP contribution >= 0.6 is 0 Å². The lowest BCUT2D eigenvalue weighted by Gasteiger charge is -2.05. The van der Waals surface area contributed by atoms with Gasteiger partial charge >= 0.3 is 0 Å². The van der Waals surface area contributed by atoms with E-state index in [1.807, 2.05) is 0 Å². The summed E-state index contributed by atoms with van der Waals surface area (Å²) in [5.41, 5.74) is 0. The molecule has 0 atom stereocenters. The maximum Gasteiger partial charge on any atom is 0.123 e. The Kier molecular flexibility index (Phi) is 9.07. The van der Waals surface area contributed by atoms with E-state index < -0.39 is 0 Å². The van der Waals surface area contributed by atoms with Crippen LogP contribution < -0.4 is 10.1 Å². The molecule has 2 N–H and O–H groups in total. The molecule has 19 heavy (non-hydrogen) atoms. The zero-order chi connectivity index (χ0) is 13.8. The first-order valence-electron chi connectivity index (χ1n) is 7.53. The van der Waals surface area contributed by atoms with Crippen LogP contribution in [0.3, 0.4) is 0 Å². The number of unbranched alkanes of at least 4 members (excludes halogenated alkanes) is 4. The van der Waals surface area contributed by atoms with Crippen LogP contribution in [-0.2, 0) is 0 Å². The third-order valence-electron chi connectivity index (χ3n) is 3.15. The Labute approximate surface area is 116 Å². The highest BCUT2D eigenvalue weighted by atomic mass is 19.1. The molecule has 0 aliphatic carbocycles. The van der Waals surface area contributed by atoms with Gasteiger partial charge in [-0.25, -0.2) is 4.39 Å². The third-order valence-corrected chi connectivity index (χ3v) is 3.15. The average molecular weight is 268 g/mol.